The molecule has 2 bridgehead atoms. The van der Waals surface area contributed by atoms with Gasteiger partial charge in [0.15, 0.2) is 0 Å². The van der Waals surface area contributed by atoms with Crippen LogP contribution in [0.4, 0.5) is 18.9 Å². The number of benzene rings is 1. The van der Waals surface area contributed by atoms with Gasteiger partial charge in [0.25, 0.3) is 0 Å². The third-order valence-electron chi connectivity index (χ3n) is 6.24. The Morgan fingerprint density at radius 2 is 1.71 bits per heavy atom. The molecule has 0 aliphatic carbocycles. The number of rotatable bonds is 2. The molecule has 2 aromatic rings. The lowest BCUT2D eigenvalue weighted by molar-refractivity contribution is -0.136. The van der Waals surface area contributed by atoms with Gasteiger partial charge < -0.3 is 5.32 Å². The van der Waals surface area contributed by atoms with Gasteiger partial charge in [-0.3, -0.25) is 4.98 Å². The zero-order valence-electron chi connectivity index (χ0n) is 19.3. The van der Waals surface area contributed by atoms with Crippen molar-refractivity contribution in [2.45, 2.75) is 66.1 Å². The number of aromatic nitrogens is 1. The maximum absolute atomic E-state index is 13.7. The minimum absolute atomic E-state index is 0.0524. The van der Waals surface area contributed by atoms with Crippen LogP contribution in [0.25, 0.3) is 16.5 Å². The highest BCUT2D eigenvalue weighted by molar-refractivity contribution is 6.04. The average molecular weight is 431 g/mol. The van der Waals surface area contributed by atoms with Gasteiger partial charge in [-0.2, -0.15) is 13.2 Å². The summed E-state index contributed by atoms with van der Waals surface area (Å²) in [4.78, 5) is 4.09. The molecule has 2 nitrogen and oxygen atoms in total. The fourth-order valence-corrected chi connectivity index (χ4v) is 4.39. The molecule has 1 aromatic carbocycles. The van der Waals surface area contributed by atoms with Crippen LogP contribution in [-0.4, -0.2) is 11.0 Å². The van der Waals surface area contributed by atoms with E-state index in [-0.39, 0.29) is 23.4 Å². The van der Waals surface area contributed by atoms with Crippen LogP contribution in [-0.2, 0) is 6.18 Å². The highest BCUT2D eigenvalue weighted by Crippen LogP contribution is 2.50. The van der Waals surface area contributed by atoms with Crippen molar-refractivity contribution in [2.75, 3.05) is 5.32 Å². The Balaban J connectivity index is 0.000000432. The third-order valence-corrected chi connectivity index (χ3v) is 6.24. The summed E-state index contributed by atoms with van der Waals surface area (Å²) in [5, 5.41) is 4.16. The first-order valence-electron chi connectivity index (χ1n) is 10.8. The number of nitrogens with one attached hydrogen (secondary N) is 1. The molecular weight excluding hydrogens is 397 g/mol. The van der Waals surface area contributed by atoms with Crippen molar-refractivity contribution in [1.82, 2.24) is 4.98 Å². The van der Waals surface area contributed by atoms with Gasteiger partial charge >= 0.3 is 6.18 Å². The van der Waals surface area contributed by atoms with Crippen molar-refractivity contribution >= 4 is 22.2 Å². The molecule has 3 unspecified atom stereocenters. The van der Waals surface area contributed by atoms with Gasteiger partial charge in [0.1, 0.15) is 0 Å². The van der Waals surface area contributed by atoms with Crippen LogP contribution in [0.15, 0.2) is 49.2 Å². The van der Waals surface area contributed by atoms with E-state index in [1.165, 1.54) is 12.3 Å². The first-order chi connectivity index (χ1) is 14.6. The summed E-state index contributed by atoms with van der Waals surface area (Å²) >= 11 is 0. The molecule has 3 atom stereocenters. The normalized spacial score (nSPS) is 21.3. The Kier molecular flexibility index (Phi) is 7.74. The monoisotopic (exact) mass is 430 g/mol. The first kappa shape index (κ1) is 24.7. The summed E-state index contributed by atoms with van der Waals surface area (Å²) in [6.07, 6.45) is 1.62. The lowest BCUT2D eigenvalue weighted by Gasteiger charge is -2.36. The summed E-state index contributed by atoms with van der Waals surface area (Å²) in [5.41, 5.74) is 3.91. The molecule has 0 saturated heterocycles. The maximum Gasteiger partial charge on any atom is 0.418 e. The fraction of sp³-hybridized carbons (Fsp3) is 0.423. The van der Waals surface area contributed by atoms with Gasteiger partial charge in [0.05, 0.1) is 16.8 Å². The number of alkyl halides is 3. The Hall–Kier alpha value is -2.56. The Bertz CT molecular complexity index is 996. The summed E-state index contributed by atoms with van der Waals surface area (Å²) < 4.78 is 41.0. The van der Waals surface area contributed by atoms with E-state index in [2.05, 4.69) is 37.3 Å². The van der Waals surface area contributed by atoms with Gasteiger partial charge in [-0.05, 0) is 49.5 Å². The van der Waals surface area contributed by atoms with Gasteiger partial charge in [-0.1, -0.05) is 45.4 Å². The molecule has 4 rings (SSSR count). The number of hydrogen-bond acceptors (Lipinski definition) is 2. The maximum atomic E-state index is 13.7. The topological polar surface area (TPSA) is 24.9 Å². The number of halogens is 3. The molecule has 168 valence electrons. The molecule has 0 radical (unpaired) electrons. The minimum atomic E-state index is -4.42. The van der Waals surface area contributed by atoms with Gasteiger partial charge in [0.2, 0.25) is 0 Å². The molecule has 0 fully saturated rings. The van der Waals surface area contributed by atoms with Gasteiger partial charge in [-0.25, -0.2) is 0 Å². The first-order valence-corrected chi connectivity index (χ1v) is 10.8. The predicted octanol–water partition coefficient (Wildman–Crippen LogP) is 8.37. The van der Waals surface area contributed by atoms with Crippen LogP contribution in [0.5, 0.6) is 0 Å². The Labute approximate surface area is 184 Å². The number of anilines is 1. The van der Waals surface area contributed by atoms with Crippen LogP contribution in [0.2, 0.25) is 0 Å². The SMILES string of the molecule is C=CCC=C.CC.CC1=C(C)C(C)C2Nc3c1cc(C(F)(F)F)c1nccc(c31)C2C. The Morgan fingerprint density at radius 3 is 2.23 bits per heavy atom. The van der Waals surface area contributed by atoms with E-state index < -0.39 is 11.7 Å². The van der Waals surface area contributed by atoms with Crippen LogP contribution < -0.4 is 5.32 Å². The molecule has 2 aliphatic heterocycles. The van der Waals surface area contributed by atoms with E-state index in [0.29, 0.717) is 10.9 Å². The van der Waals surface area contributed by atoms with Crippen molar-refractivity contribution in [1.29, 1.82) is 0 Å². The average Bonchev–Trinajstić information content (AvgIpc) is 2.83. The molecule has 2 aliphatic rings. The van der Waals surface area contributed by atoms with Crippen LogP contribution in [0.1, 0.15) is 70.6 Å². The van der Waals surface area contributed by atoms with E-state index in [9.17, 15) is 13.2 Å². The van der Waals surface area contributed by atoms with Crippen molar-refractivity contribution in [3.63, 3.8) is 0 Å². The molecule has 0 amide bonds. The number of allylic oxidation sites excluding steroid dienone is 3. The quantitative estimate of drug-likeness (QED) is 0.484. The molecule has 3 heterocycles. The third kappa shape index (κ3) is 4.41. The van der Waals surface area contributed by atoms with E-state index in [1.807, 2.05) is 45.9 Å². The molecule has 31 heavy (non-hydrogen) atoms. The molecule has 1 aromatic heterocycles. The largest absolute Gasteiger partial charge is 0.418 e. The lowest BCUT2D eigenvalue weighted by atomic mass is 9.79. The van der Waals surface area contributed by atoms with Crippen LogP contribution >= 0.6 is 0 Å². The molecule has 5 heteroatoms. The highest BCUT2D eigenvalue weighted by atomic mass is 19.4. The van der Waals surface area contributed by atoms with Gasteiger partial charge in [-0.15, -0.1) is 13.2 Å². The summed E-state index contributed by atoms with van der Waals surface area (Å²) in [5.74, 6) is 0.369. The molecular formula is C26H33F3N2. The predicted molar refractivity (Wildman–Crippen MR) is 126 cm³/mol. The highest BCUT2D eigenvalue weighted by Gasteiger charge is 2.40. The van der Waals surface area contributed by atoms with Crippen LogP contribution in [0.3, 0.4) is 0 Å². The lowest BCUT2D eigenvalue weighted by Crippen LogP contribution is -2.35. The van der Waals surface area contributed by atoms with E-state index in [1.54, 1.807) is 0 Å². The number of fused-ring (bicyclic) bond motifs is 1. The summed E-state index contributed by atoms with van der Waals surface area (Å²) in [6.45, 7) is 19.1. The second-order valence-electron chi connectivity index (χ2n) is 7.84. The van der Waals surface area contributed by atoms with Gasteiger partial charge in [0, 0.05) is 29.1 Å². The molecule has 1 N–H and O–H groups in total. The fourth-order valence-electron chi connectivity index (χ4n) is 4.39. The number of hydrogen-bond donors (Lipinski definition) is 1. The van der Waals surface area contributed by atoms with E-state index >= 15 is 0 Å². The Morgan fingerprint density at radius 1 is 1.10 bits per heavy atom. The second kappa shape index (κ2) is 9.71. The molecule has 0 spiro atoms. The number of pyridine rings is 1. The summed E-state index contributed by atoms with van der Waals surface area (Å²) in [6, 6.07) is 3.32. The molecule has 0 saturated carbocycles. The zero-order valence-corrected chi connectivity index (χ0v) is 19.3. The van der Waals surface area contributed by atoms with E-state index in [0.717, 1.165) is 28.8 Å². The van der Waals surface area contributed by atoms with Crippen molar-refractivity contribution in [3.8, 4) is 0 Å². The summed E-state index contributed by atoms with van der Waals surface area (Å²) in [7, 11) is 0. The smallest absolute Gasteiger partial charge is 0.380 e. The zero-order chi connectivity index (χ0) is 23.5. The van der Waals surface area contributed by atoms with Crippen molar-refractivity contribution in [2.24, 2.45) is 5.92 Å². The van der Waals surface area contributed by atoms with Crippen molar-refractivity contribution < 1.29 is 13.2 Å². The van der Waals surface area contributed by atoms with E-state index in [4.69, 9.17) is 0 Å². The number of nitrogens with zero attached hydrogens (tertiary/aromatic N) is 1. The van der Waals surface area contributed by atoms with Crippen LogP contribution in [0, 0.1) is 5.92 Å². The standard InChI is InChI=1S/C19H19F3N2.C5H8.C2H6/c1-8-9(2)13-7-14(19(20,21)22)18-15-12(5-6-23-18)11(4)16(10(8)3)24-17(13)15;1-3-5-4-2;1-2/h5-7,10-11,16,24H,1-4H3;3-4H,1-2,5H2;1-2H3. The second-order valence-corrected chi connectivity index (χ2v) is 7.84. The van der Waals surface area contributed by atoms with Crippen molar-refractivity contribution in [3.05, 3.63) is 65.9 Å². The minimum Gasteiger partial charge on any atom is -0.380 e.